The Kier molecular flexibility index (Phi) is 6.66. The van der Waals surface area contributed by atoms with Gasteiger partial charge in [-0.05, 0) is 16.7 Å². The van der Waals surface area contributed by atoms with Crippen molar-refractivity contribution in [1.82, 2.24) is 4.98 Å². The quantitative estimate of drug-likeness (QED) is 0.788. The monoisotopic (exact) mass is 229 g/mol. The van der Waals surface area contributed by atoms with Crippen molar-refractivity contribution in [2.24, 2.45) is 0 Å². The maximum Gasteiger partial charge on any atom is 0.519 e. The molecule has 0 saturated carbocycles. The Labute approximate surface area is 78.8 Å². The highest BCUT2D eigenvalue weighted by atomic mass is 35.5. The molecular formula is C5H6ClFNO4P. The zero-order valence-electron chi connectivity index (χ0n) is 6.21. The first-order chi connectivity index (χ1) is 6.12. The van der Waals surface area contributed by atoms with E-state index in [-0.39, 0.29) is 0 Å². The summed E-state index contributed by atoms with van der Waals surface area (Å²) in [6.45, 7) is 0. The van der Waals surface area contributed by atoms with E-state index in [4.69, 9.17) is 4.89 Å². The van der Waals surface area contributed by atoms with Gasteiger partial charge in [0.15, 0.2) is 0 Å². The predicted octanol–water partition coefficient (Wildman–Crippen LogP) is 2.24. The molecule has 74 valence electrons. The Morgan fingerprint density at radius 3 is 2.00 bits per heavy atom. The molecule has 0 aromatic carbocycles. The number of pyridine rings is 1. The van der Waals surface area contributed by atoms with Gasteiger partial charge in [0.2, 0.25) is 0 Å². The number of rotatable bonds is 2. The van der Waals surface area contributed by atoms with Gasteiger partial charge in [-0.2, -0.15) is 4.08 Å². The van der Waals surface area contributed by atoms with E-state index in [2.05, 4.69) is 25.7 Å². The van der Waals surface area contributed by atoms with Gasteiger partial charge in [0.1, 0.15) is 0 Å². The smallest absolute Gasteiger partial charge is 0.300 e. The lowest BCUT2D eigenvalue weighted by Gasteiger charge is -1.93. The molecule has 1 heterocycles. The highest BCUT2D eigenvalue weighted by molar-refractivity contribution is 7.48. The summed E-state index contributed by atoms with van der Waals surface area (Å²) in [4.78, 5) is 11.5. The molecule has 5 nitrogen and oxygen atoms in total. The number of halogens is 2. The van der Waals surface area contributed by atoms with E-state index in [1.54, 1.807) is 12.4 Å². The summed E-state index contributed by atoms with van der Waals surface area (Å²) in [6, 6.07) is 5.72. The second-order valence-electron chi connectivity index (χ2n) is 1.63. The highest BCUT2D eigenvalue weighted by Gasteiger charge is 2.20. The summed E-state index contributed by atoms with van der Waals surface area (Å²) >= 11 is 4.22. The molecular weight excluding hydrogens is 223 g/mol. The Hall–Kier alpha value is -0.520. The molecule has 0 aliphatic heterocycles. The first-order valence-electron chi connectivity index (χ1n) is 2.91. The number of hydrogen-bond donors (Lipinski definition) is 1. The zero-order chi connectivity index (χ0) is 10.2. The fourth-order valence-electron chi connectivity index (χ4n) is 0.323. The van der Waals surface area contributed by atoms with Gasteiger partial charge in [0.05, 0.1) is 11.9 Å². The fourth-order valence-corrected chi connectivity index (χ4v) is 0.408. The first-order valence-corrected chi connectivity index (χ1v) is 4.71. The maximum atomic E-state index is 10.5. The average molecular weight is 230 g/mol. The minimum Gasteiger partial charge on any atom is -0.300 e. The van der Waals surface area contributed by atoms with E-state index >= 15 is 0 Å². The van der Waals surface area contributed by atoms with Gasteiger partial charge in [-0.25, -0.2) is 4.57 Å². The van der Waals surface area contributed by atoms with E-state index in [9.17, 15) is 9.09 Å². The van der Waals surface area contributed by atoms with Crippen LogP contribution in [0.15, 0.2) is 30.6 Å². The van der Waals surface area contributed by atoms with Gasteiger partial charge in [-0.1, -0.05) is 10.8 Å². The molecule has 13 heavy (non-hydrogen) atoms. The van der Waals surface area contributed by atoms with Crippen molar-refractivity contribution in [2.45, 2.75) is 0 Å². The van der Waals surface area contributed by atoms with E-state index in [0.717, 1.165) is 0 Å². The normalized spacial score (nSPS) is 13.8. The van der Waals surface area contributed by atoms with Crippen LogP contribution in [0.3, 0.4) is 0 Å². The van der Waals surface area contributed by atoms with Crippen LogP contribution in [0.5, 0.6) is 0 Å². The van der Waals surface area contributed by atoms with Crippen LogP contribution in [0.4, 0.5) is 4.53 Å². The van der Waals surface area contributed by atoms with Gasteiger partial charge >= 0.3 is 7.82 Å². The van der Waals surface area contributed by atoms with Crippen LogP contribution in [0.1, 0.15) is 0 Å². The molecule has 0 aliphatic rings. The van der Waals surface area contributed by atoms with Crippen LogP contribution in [-0.2, 0) is 13.4 Å². The molecule has 0 amide bonds. The van der Waals surface area contributed by atoms with Crippen molar-refractivity contribution in [3.05, 3.63) is 30.6 Å². The largest absolute Gasteiger partial charge is 0.519 e. The summed E-state index contributed by atoms with van der Waals surface area (Å²) in [5.74, 6) is 0. The Morgan fingerprint density at radius 1 is 1.38 bits per heavy atom. The molecule has 1 atom stereocenters. The third-order valence-corrected chi connectivity index (χ3v) is 1.61. The predicted molar refractivity (Wildman–Crippen MR) is 43.2 cm³/mol. The molecule has 0 saturated heterocycles. The number of hydrogen-bond acceptors (Lipinski definition) is 4. The van der Waals surface area contributed by atoms with E-state index in [1.165, 1.54) is 0 Å². The fraction of sp³-hybridized carbons (Fsp3) is 0. The SMILES string of the molecule is O=P(O)(OF)OCl.c1ccncc1. The number of phosphoric acid groups is 1. The van der Waals surface area contributed by atoms with Crippen molar-refractivity contribution >= 4 is 19.7 Å². The molecule has 0 fully saturated rings. The Morgan fingerprint density at radius 2 is 1.92 bits per heavy atom. The summed E-state index contributed by atoms with van der Waals surface area (Å²) in [5.41, 5.74) is 0. The van der Waals surface area contributed by atoms with E-state index in [0.29, 0.717) is 0 Å². The summed E-state index contributed by atoms with van der Waals surface area (Å²) < 4.78 is 25.5. The lowest BCUT2D eigenvalue weighted by molar-refractivity contribution is -0.0355. The molecule has 1 N–H and O–H groups in total. The topological polar surface area (TPSA) is 68.7 Å². The zero-order valence-corrected chi connectivity index (χ0v) is 7.86. The Balaban J connectivity index is 0.000000223. The van der Waals surface area contributed by atoms with Gasteiger partial charge in [0.25, 0.3) is 0 Å². The summed E-state index contributed by atoms with van der Waals surface area (Å²) in [7, 11) is -4.56. The second-order valence-corrected chi connectivity index (χ2v) is 3.26. The molecule has 1 unspecified atom stereocenters. The van der Waals surface area contributed by atoms with Crippen LogP contribution >= 0.6 is 19.7 Å². The van der Waals surface area contributed by atoms with Crippen LogP contribution in [0.2, 0.25) is 0 Å². The lowest BCUT2D eigenvalue weighted by atomic mass is 10.5. The van der Waals surface area contributed by atoms with Crippen LogP contribution < -0.4 is 0 Å². The van der Waals surface area contributed by atoms with E-state index in [1.807, 2.05) is 18.2 Å². The van der Waals surface area contributed by atoms with Gasteiger partial charge in [-0.15, -0.1) is 0 Å². The van der Waals surface area contributed by atoms with Crippen LogP contribution in [-0.4, -0.2) is 9.88 Å². The van der Waals surface area contributed by atoms with Crippen molar-refractivity contribution < 1.29 is 22.8 Å². The lowest BCUT2D eigenvalue weighted by Crippen LogP contribution is -1.74. The first kappa shape index (κ1) is 12.5. The molecule has 0 radical (unpaired) electrons. The van der Waals surface area contributed by atoms with Gasteiger partial charge in [-0.3, -0.25) is 9.88 Å². The number of aromatic nitrogens is 1. The summed E-state index contributed by atoms with van der Waals surface area (Å²) in [6.07, 6.45) is 3.50. The van der Waals surface area contributed by atoms with Gasteiger partial charge in [0, 0.05) is 12.4 Å². The molecule has 1 aromatic heterocycles. The molecule has 8 heteroatoms. The van der Waals surface area contributed by atoms with Crippen molar-refractivity contribution in [3.8, 4) is 0 Å². The van der Waals surface area contributed by atoms with Gasteiger partial charge < -0.3 is 0 Å². The number of nitrogens with zero attached hydrogens (tertiary/aromatic N) is 1. The molecule has 1 aromatic rings. The Bertz CT molecular complexity index is 227. The van der Waals surface area contributed by atoms with Crippen molar-refractivity contribution in [3.63, 3.8) is 0 Å². The summed E-state index contributed by atoms with van der Waals surface area (Å²) in [5, 5.41) is 0. The van der Waals surface area contributed by atoms with E-state index < -0.39 is 7.82 Å². The standard InChI is InChI=1S/C5H5N.ClFHO4P/c1-2-4-6-5-3-1;1-5-7(3,4)6-2/h1-5H;(H,3,4). The molecule has 0 spiro atoms. The van der Waals surface area contributed by atoms with Crippen LogP contribution in [0.25, 0.3) is 0 Å². The molecule has 1 rings (SSSR count). The minimum absolute atomic E-state index is 1.75. The molecule has 0 bridgehead atoms. The third-order valence-electron chi connectivity index (χ3n) is 0.741. The average Bonchev–Trinajstić information content (AvgIpc) is 2.21. The minimum atomic E-state index is -4.56. The van der Waals surface area contributed by atoms with Crippen molar-refractivity contribution in [2.75, 3.05) is 0 Å². The third kappa shape index (κ3) is 7.83. The van der Waals surface area contributed by atoms with Crippen LogP contribution in [0, 0.1) is 0 Å². The highest BCUT2D eigenvalue weighted by Crippen LogP contribution is 2.44. The van der Waals surface area contributed by atoms with Crippen molar-refractivity contribution in [1.29, 1.82) is 0 Å². The molecule has 0 aliphatic carbocycles. The maximum absolute atomic E-state index is 10.5. The second kappa shape index (κ2) is 6.94.